The van der Waals surface area contributed by atoms with Crippen LogP contribution in [-0.4, -0.2) is 12.4 Å². The fraction of sp³-hybridized carbons (Fsp3) is 0.235. The van der Waals surface area contributed by atoms with Crippen molar-refractivity contribution in [3.63, 3.8) is 0 Å². The molecule has 2 nitrogen and oxygen atoms in total. The Hall–Kier alpha value is -2.09. The van der Waals surface area contributed by atoms with Gasteiger partial charge in [0.2, 0.25) is 5.78 Å². The minimum absolute atomic E-state index is 0.0843. The zero-order chi connectivity index (χ0) is 13.4. The summed E-state index contributed by atoms with van der Waals surface area (Å²) in [4.78, 5) is 11.7. The van der Waals surface area contributed by atoms with Gasteiger partial charge in [0.15, 0.2) is 6.61 Å². The molecule has 1 heterocycles. The number of Topliss-reactive ketones (excluding diaryl/α,β-unsaturated/α-hetero) is 1. The number of fused-ring (bicyclic) bond motifs is 1. The second-order valence-electron chi connectivity index (χ2n) is 4.89. The highest BCUT2D eigenvalue weighted by atomic mass is 16.5. The summed E-state index contributed by atoms with van der Waals surface area (Å²) >= 11 is 0. The third-order valence-electron chi connectivity index (χ3n) is 3.68. The quantitative estimate of drug-likeness (QED) is 0.812. The van der Waals surface area contributed by atoms with Gasteiger partial charge in [0.25, 0.3) is 0 Å². The maximum absolute atomic E-state index is 11.7. The number of ketones is 1. The van der Waals surface area contributed by atoms with E-state index in [9.17, 15) is 4.79 Å². The molecule has 2 aromatic carbocycles. The third kappa shape index (κ3) is 1.93. The van der Waals surface area contributed by atoms with Gasteiger partial charge in [-0.2, -0.15) is 0 Å². The summed E-state index contributed by atoms with van der Waals surface area (Å²) < 4.78 is 5.46. The van der Waals surface area contributed by atoms with Gasteiger partial charge < -0.3 is 4.74 Å². The van der Waals surface area contributed by atoms with E-state index in [4.69, 9.17) is 4.74 Å². The number of aryl methyl sites for hydroxylation is 2. The second-order valence-corrected chi connectivity index (χ2v) is 4.89. The zero-order valence-electron chi connectivity index (χ0n) is 11.2. The minimum atomic E-state index is 0.0843. The molecule has 0 spiro atoms. The maximum Gasteiger partial charge on any atom is 0.203 e. The molecule has 0 bridgehead atoms. The van der Waals surface area contributed by atoms with Crippen molar-refractivity contribution in [2.75, 3.05) is 6.61 Å². The summed E-state index contributed by atoms with van der Waals surface area (Å²) in [5.41, 5.74) is 5.56. The highest BCUT2D eigenvalue weighted by molar-refractivity contribution is 6.03. The van der Waals surface area contributed by atoms with Crippen molar-refractivity contribution in [2.45, 2.75) is 20.3 Å². The van der Waals surface area contributed by atoms with Crippen molar-refractivity contribution >= 4 is 5.78 Å². The molecule has 0 saturated carbocycles. The average molecular weight is 252 g/mol. The molecular formula is C17H16O2. The Morgan fingerprint density at radius 2 is 1.89 bits per heavy atom. The lowest BCUT2D eigenvalue weighted by molar-refractivity contribution is 0.0961. The van der Waals surface area contributed by atoms with E-state index in [1.807, 2.05) is 24.3 Å². The first-order chi connectivity index (χ1) is 9.20. The molecule has 1 aliphatic heterocycles. The summed E-state index contributed by atoms with van der Waals surface area (Å²) in [5.74, 6) is 0.807. The summed E-state index contributed by atoms with van der Waals surface area (Å²) in [6.07, 6.45) is 0.907. The molecule has 3 rings (SSSR count). The van der Waals surface area contributed by atoms with E-state index >= 15 is 0 Å². The van der Waals surface area contributed by atoms with E-state index in [2.05, 4.69) is 26.0 Å². The number of hydrogen-bond donors (Lipinski definition) is 0. The normalized spacial score (nSPS) is 13.3. The highest BCUT2D eigenvalue weighted by Gasteiger charge is 2.23. The lowest BCUT2D eigenvalue weighted by Crippen LogP contribution is -1.99. The van der Waals surface area contributed by atoms with E-state index in [0.717, 1.165) is 17.7 Å². The van der Waals surface area contributed by atoms with Crippen LogP contribution in [0.15, 0.2) is 36.4 Å². The number of carbonyl (C=O) groups excluding carboxylic acids is 1. The molecule has 0 N–H and O–H groups in total. The molecule has 2 aromatic rings. The summed E-state index contributed by atoms with van der Waals surface area (Å²) in [6, 6.07) is 12.3. The Morgan fingerprint density at radius 1 is 1.11 bits per heavy atom. The Kier molecular flexibility index (Phi) is 2.86. The fourth-order valence-corrected chi connectivity index (χ4v) is 2.60. The number of ether oxygens (including phenoxy) is 1. The van der Waals surface area contributed by atoms with E-state index < -0.39 is 0 Å². The number of hydrogen-bond acceptors (Lipinski definition) is 2. The first-order valence-electron chi connectivity index (χ1n) is 6.59. The Morgan fingerprint density at radius 3 is 2.63 bits per heavy atom. The molecule has 0 unspecified atom stereocenters. The van der Waals surface area contributed by atoms with Gasteiger partial charge in [-0.15, -0.1) is 0 Å². The second kappa shape index (κ2) is 4.54. The van der Waals surface area contributed by atoms with Crippen LogP contribution in [0.1, 0.15) is 28.4 Å². The van der Waals surface area contributed by atoms with Crippen LogP contribution in [0.4, 0.5) is 0 Å². The number of benzene rings is 2. The van der Waals surface area contributed by atoms with Crippen molar-refractivity contribution in [1.29, 1.82) is 0 Å². The van der Waals surface area contributed by atoms with Crippen LogP contribution in [0.2, 0.25) is 0 Å². The molecule has 0 saturated heterocycles. The van der Waals surface area contributed by atoms with Gasteiger partial charge in [-0.05, 0) is 47.7 Å². The molecule has 96 valence electrons. The highest BCUT2D eigenvalue weighted by Crippen LogP contribution is 2.35. The molecular weight excluding hydrogens is 236 g/mol. The molecule has 0 atom stereocenters. The van der Waals surface area contributed by atoms with Crippen LogP contribution in [0.5, 0.6) is 5.75 Å². The third-order valence-corrected chi connectivity index (χ3v) is 3.68. The van der Waals surface area contributed by atoms with Crippen LogP contribution in [0, 0.1) is 6.92 Å². The summed E-state index contributed by atoms with van der Waals surface area (Å²) in [6.45, 7) is 4.40. The van der Waals surface area contributed by atoms with Crippen molar-refractivity contribution in [2.24, 2.45) is 0 Å². The van der Waals surface area contributed by atoms with Gasteiger partial charge in [0, 0.05) is 0 Å². The molecule has 2 heteroatoms. The Balaban J connectivity index is 2.22. The van der Waals surface area contributed by atoms with Crippen molar-refractivity contribution in [3.05, 3.63) is 53.1 Å². The van der Waals surface area contributed by atoms with Crippen LogP contribution in [0.3, 0.4) is 0 Å². The Labute approximate surface area is 113 Å². The standard InChI is InChI=1S/C17H16O2/c1-3-12-8-15-16(18)10-19-17(15)9-14(12)13-7-5-4-6-11(13)2/h4-9H,3,10H2,1-2H3. The van der Waals surface area contributed by atoms with Crippen molar-refractivity contribution < 1.29 is 9.53 Å². The van der Waals surface area contributed by atoms with Gasteiger partial charge in [-0.1, -0.05) is 31.2 Å². The molecule has 19 heavy (non-hydrogen) atoms. The summed E-state index contributed by atoms with van der Waals surface area (Å²) in [5, 5.41) is 0. The first-order valence-corrected chi connectivity index (χ1v) is 6.59. The SMILES string of the molecule is CCc1cc2c(cc1-c1ccccc1C)OCC2=O. The topological polar surface area (TPSA) is 26.3 Å². The lowest BCUT2D eigenvalue weighted by atomic mass is 9.92. The van der Waals surface area contributed by atoms with E-state index in [0.29, 0.717) is 0 Å². The van der Waals surface area contributed by atoms with E-state index in [1.54, 1.807) is 0 Å². The van der Waals surface area contributed by atoms with Gasteiger partial charge in [-0.25, -0.2) is 0 Å². The number of rotatable bonds is 2. The van der Waals surface area contributed by atoms with Crippen molar-refractivity contribution in [3.8, 4) is 16.9 Å². The maximum atomic E-state index is 11.7. The molecule has 0 fully saturated rings. The smallest absolute Gasteiger partial charge is 0.203 e. The largest absolute Gasteiger partial charge is 0.485 e. The molecule has 0 aromatic heterocycles. The van der Waals surface area contributed by atoms with E-state index in [-0.39, 0.29) is 12.4 Å². The van der Waals surface area contributed by atoms with Crippen LogP contribution >= 0.6 is 0 Å². The van der Waals surface area contributed by atoms with Crippen LogP contribution < -0.4 is 4.74 Å². The molecule has 0 amide bonds. The van der Waals surface area contributed by atoms with E-state index in [1.165, 1.54) is 22.3 Å². The Bertz CT molecular complexity index is 656. The van der Waals surface area contributed by atoms with Crippen molar-refractivity contribution in [1.82, 2.24) is 0 Å². The van der Waals surface area contributed by atoms with Crippen LogP contribution in [-0.2, 0) is 6.42 Å². The lowest BCUT2D eigenvalue weighted by Gasteiger charge is -2.12. The van der Waals surface area contributed by atoms with Crippen LogP contribution in [0.25, 0.3) is 11.1 Å². The summed E-state index contributed by atoms with van der Waals surface area (Å²) in [7, 11) is 0. The van der Waals surface area contributed by atoms with Gasteiger partial charge in [-0.3, -0.25) is 4.79 Å². The number of carbonyl (C=O) groups is 1. The van der Waals surface area contributed by atoms with Gasteiger partial charge in [0.1, 0.15) is 5.75 Å². The molecule has 1 aliphatic rings. The predicted molar refractivity (Wildman–Crippen MR) is 75.8 cm³/mol. The zero-order valence-corrected chi connectivity index (χ0v) is 11.2. The first kappa shape index (κ1) is 12.0. The molecule has 0 radical (unpaired) electrons. The van der Waals surface area contributed by atoms with Gasteiger partial charge in [0.05, 0.1) is 5.56 Å². The fourth-order valence-electron chi connectivity index (χ4n) is 2.60. The monoisotopic (exact) mass is 252 g/mol. The molecule has 0 aliphatic carbocycles. The predicted octanol–water partition coefficient (Wildman–Crippen LogP) is 3.80. The minimum Gasteiger partial charge on any atom is -0.485 e. The van der Waals surface area contributed by atoms with Gasteiger partial charge >= 0.3 is 0 Å². The average Bonchev–Trinajstić information content (AvgIpc) is 2.79.